The normalized spacial score (nSPS) is 22.8. The molecule has 1 aromatic carbocycles. The fraction of sp³-hybridized carbons (Fsp3) is 0.474. The zero-order valence-electron chi connectivity index (χ0n) is 16.3. The first-order valence-corrected chi connectivity index (χ1v) is 11.1. The quantitative estimate of drug-likeness (QED) is 0.360. The Morgan fingerprint density at radius 1 is 1.21 bits per heavy atom. The molecule has 2 aliphatic rings. The topological polar surface area (TPSA) is 91.0 Å². The molecule has 1 aliphatic carbocycles. The number of nitrogens with zero attached hydrogens (tertiary/aromatic N) is 4. The van der Waals surface area contributed by atoms with Gasteiger partial charge >= 0.3 is 0 Å². The summed E-state index contributed by atoms with van der Waals surface area (Å²) in [5.74, 6) is 1.23. The second kappa shape index (κ2) is 9.43. The zero-order chi connectivity index (χ0) is 19.6. The van der Waals surface area contributed by atoms with Crippen LogP contribution in [-0.2, 0) is 15.8 Å². The second-order valence-electron chi connectivity index (χ2n) is 7.18. The molecule has 1 N–H and O–H groups in total. The molecule has 158 valence electrons. The van der Waals surface area contributed by atoms with Crippen molar-refractivity contribution in [3.05, 3.63) is 53.9 Å². The van der Waals surface area contributed by atoms with Crippen molar-refractivity contribution < 1.29 is 12.9 Å². The summed E-state index contributed by atoms with van der Waals surface area (Å²) in [6.07, 6.45) is 2.48. The summed E-state index contributed by atoms with van der Waals surface area (Å²) in [4.78, 5) is 6.54. The predicted molar refractivity (Wildman–Crippen MR) is 122 cm³/mol. The molecule has 2 aromatic rings. The van der Waals surface area contributed by atoms with E-state index in [1.807, 2.05) is 6.07 Å². The van der Waals surface area contributed by atoms with E-state index in [-0.39, 0.29) is 29.7 Å². The Bertz CT molecular complexity index is 913. The third kappa shape index (κ3) is 5.28. The Balaban J connectivity index is 0.00000240. The van der Waals surface area contributed by atoms with E-state index >= 15 is 0 Å². The van der Waals surface area contributed by atoms with Gasteiger partial charge in [-0.1, -0.05) is 35.5 Å². The number of guanidine groups is 1. The molecule has 10 heteroatoms. The summed E-state index contributed by atoms with van der Waals surface area (Å²) >= 11 is 0. The lowest BCUT2D eigenvalue weighted by molar-refractivity contribution is 0.259. The van der Waals surface area contributed by atoms with E-state index in [1.165, 1.54) is 16.1 Å². The van der Waals surface area contributed by atoms with Crippen LogP contribution in [0, 0.1) is 0 Å². The Labute approximate surface area is 188 Å². The monoisotopic (exact) mass is 531 g/mol. The van der Waals surface area contributed by atoms with E-state index in [4.69, 9.17) is 4.52 Å². The summed E-state index contributed by atoms with van der Waals surface area (Å²) in [5.41, 5.74) is 1.78. The molecule has 0 spiro atoms. The molecule has 2 atom stereocenters. The molecule has 0 bridgehead atoms. The van der Waals surface area contributed by atoms with Gasteiger partial charge in [0, 0.05) is 51.3 Å². The van der Waals surface area contributed by atoms with Crippen LogP contribution in [0.2, 0.25) is 0 Å². The van der Waals surface area contributed by atoms with E-state index in [0.29, 0.717) is 43.8 Å². The van der Waals surface area contributed by atoms with Gasteiger partial charge in [-0.3, -0.25) is 4.99 Å². The highest BCUT2D eigenvalue weighted by Gasteiger charge is 2.40. The molecule has 0 amide bonds. The SMILES string of the molecule is CN=C(NC1CC1c1ccccc1)N1CCN(S(=O)(=O)Cc2ccon2)CC1.I. The minimum atomic E-state index is -3.39. The van der Waals surface area contributed by atoms with E-state index < -0.39 is 10.0 Å². The van der Waals surface area contributed by atoms with E-state index in [9.17, 15) is 8.42 Å². The highest BCUT2D eigenvalue weighted by Crippen LogP contribution is 2.40. The molecule has 0 radical (unpaired) electrons. The molecule has 2 heterocycles. The first-order chi connectivity index (χ1) is 13.6. The van der Waals surface area contributed by atoms with Crippen molar-refractivity contribution >= 4 is 40.0 Å². The lowest BCUT2D eigenvalue weighted by Crippen LogP contribution is -2.54. The van der Waals surface area contributed by atoms with Gasteiger partial charge in [0.25, 0.3) is 0 Å². The number of piperazine rings is 1. The Kier molecular flexibility index (Phi) is 7.17. The molecule has 1 saturated heterocycles. The maximum Gasteiger partial charge on any atom is 0.220 e. The van der Waals surface area contributed by atoms with Crippen LogP contribution in [0.15, 0.2) is 52.2 Å². The summed E-state index contributed by atoms with van der Waals surface area (Å²) < 4.78 is 31.4. The fourth-order valence-corrected chi connectivity index (χ4v) is 5.08. The lowest BCUT2D eigenvalue weighted by atomic mass is 10.1. The maximum atomic E-state index is 12.6. The van der Waals surface area contributed by atoms with Crippen LogP contribution in [0.4, 0.5) is 0 Å². The summed E-state index contributed by atoms with van der Waals surface area (Å²) in [7, 11) is -1.62. The van der Waals surface area contributed by atoms with Crippen molar-refractivity contribution in [2.75, 3.05) is 33.2 Å². The van der Waals surface area contributed by atoms with Crippen LogP contribution in [0.1, 0.15) is 23.6 Å². The molecule has 8 nitrogen and oxygen atoms in total. The lowest BCUT2D eigenvalue weighted by Gasteiger charge is -2.35. The fourth-order valence-electron chi connectivity index (χ4n) is 3.65. The minimum Gasteiger partial charge on any atom is -0.364 e. The van der Waals surface area contributed by atoms with Crippen LogP contribution < -0.4 is 5.32 Å². The number of nitrogens with one attached hydrogen (secondary N) is 1. The number of sulfonamides is 1. The number of aliphatic imine (C=N–C) groups is 1. The molecule has 2 unspecified atom stereocenters. The standard InChI is InChI=1S/C19H25N5O3S.HI/c1-20-19(21-18-13-17(18)15-5-3-2-4-6-15)23-8-10-24(11-9-23)28(25,26)14-16-7-12-27-22-16;/h2-7,12,17-18H,8-11,13-14H2,1H3,(H,20,21);1H. The van der Waals surface area contributed by atoms with Crippen molar-refractivity contribution in [1.29, 1.82) is 0 Å². The van der Waals surface area contributed by atoms with Crippen LogP contribution >= 0.6 is 24.0 Å². The van der Waals surface area contributed by atoms with Crippen molar-refractivity contribution in [1.82, 2.24) is 19.7 Å². The Hall–Kier alpha value is -1.66. The second-order valence-corrected chi connectivity index (χ2v) is 9.15. The average Bonchev–Trinajstić information content (AvgIpc) is 3.31. The summed E-state index contributed by atoms with van der Waals surface area (Å²) in [6, 6.07) is 12.5. The molecule has 1 saturated carbocycles. The van der Waals surface area contributed by atoms with Gasteiger partial charge in [-0.15, -0.1) is 24.0 Å². The first-order valence-electron chi connectivity index (χ1n) is 9.47. The van der Waals surface area contributed by atoms with Crippen molar-refractivity contribution in [2.24, 2.45) is 4.99 Å². The van der Waals surface area contributed by atoms with E-state index in [0.717, 1.165) is 12.4 Å². The van der Waals surface area contributed by atoms with Crippen LogP contribution in [0.5, 0.6) is 0 Å². The van der Waals surface area contributed by atoms with E-state index in [1.54, 1.807) is 13.1 Å². The number of halogens is 1. The molecular formula is C19H26IN5O3S. The van der Waals surface area contributed by atoms with Gasteiger partial charge in [0.1, 0.15) is 12.0 Å². The smallest absolute Gasteiger partial charge is 0.220 e. The Morgan fingerprint density at radius 2 is 1.93 bits per heavy atom. The van der Waals surface area contributed by atoms with Gasteiger partial charge in [0.05, 0.1) is 5.69 Å². The third-order valence-corrected chi connectivity index (χ3v) is 7.11. The largest absolute Gasteiger partial charge is 0.364 e. The van der Waals surface area contributed by atoms with Crippen LogP contribution in [-0.4, -0.2) is 68.0 Å². The maximum absolute atomic E-state index is 12.6. The molecule has 4 rings (SSSR count). The predicted octanol–water partition coefficient (Wildman–Crippen LogP) is 1.87. The molecule has 1 aliphatic heterocycles. The van der Waals surface area contributed by atoms with Gasteiger partial charge in [-0.05, 0) is 12.0 Å². The van der Waals surface area contributed by atoms with Gasteiger partial charge in [0.2, 0.25) is 10.0 Å². The molecule has 29 heavy (non-hydrogen) atoms. The number of benzene rings is 1. The number of aromatic nitrogens is 1. The Morgan fingerprint density at radius 3 is 2.55 bits per heavy atom. The minimum absolute atomic E-state index is 0. The van der Waals surface area contributed by atoms with Crippen molar-refractivity contribution in [3.8, 4) is 0 Å². The van der Waals surface area contributed by atoms with Crippen molar-refractivity contribution in [3.63, 3.8) is 0 Å². The molecular weight excluding hydrogens is 505 g/mol. The van der Waals surface area contributed by atoms with Crippen LogP contribution in [0.25, 0.3) is 0 Å². The first kappa shape index (κ1) is 22.0. The van der Waals surface area contributed by atoms with Gasteiger partial charge in [-0.2, -0.15) is 4.31 Å². The molecule has 2 fully saturated rings. The number of rotatable bonds is 5. The van der Waals surface area contributed by atoms with Crippen molar-refractivity contribution in [2.45, 2.75) is 24.1 Å². The highest BCUT2D eigenvalue weighted by atomic mass is 127. The molecule has 1 aromatic heterocycles. The highest BCUT2D eigenvalue weighted by molar-refractivity contribution is 14.0. The summed E-state index contributed by atoms with van der Waals surface area (Å²) in [5, 5.41) is 7.24. The van der Waals surface area contributed by atoms with Gasteiger partial charge in [-0.25, -0.2) is 8.42 Å². The zero-order valence-corrected chi connectivity index (χ0v) is 19.4. The van der Waals surface area contributed by atoms with E-state index in [2.05, 4.69) is 44.6 Å². The third-order valence-electron chi connectivity index (χ3n) is 5.30. The number of hydrogen-bond acceptors (Lipinski definition) is 5. The summed E-state index contributed by atoms with van der Waals surface area (Å²) in [6.45, 7) is 2.10. The number of hydrogen-bond donors (Lipinski definition) is 1. The van der Waals surface area contributed by atoms with Gasteiger partial charge in [0.15, 0.2) is 5.96 Å². The van der Waals surface area contributed by atoms with Crippen LogP contribution in [0.3, 0.4) is 0 Å². The average molecular weight is 531 g/mol. The van der Waals surface area contributed by atoms with Gasteiger partial charge < -0.3 is 14.7 Å².